The third kappa shape index (κ3) is 3.77. The predicted molar refractivity (Wildman–Crippen MR) is 140 cm³/mol. The lowest BCUT2D eigenvalue weighted by atomic mass is 9.43. The van der Waals surface area contributed by atoms with Crippen LogP contribution in [0.1, 0.15) is 84.4 Å². The van der Waals surface area contributed by atoms with Crippen LogP contribution in [0.15, 0.2) is 23.1 Å². The zero-order chi connectivity index (χ0) is 25.2. The predicted octanol–water partition coefficient (Wildman–Crippen LogP) is 4.88. The van der Waals surface area contributed by atoms with E-state index in [0.717, 1.165) is 44.3 Å². The molecule has 2 heterocycles. The number of H-pyrrole nitrogens is 1. The standard InChI is InChI=1S/C30H43N3O3/c1-17(6-9-25-32-27-20(28(36)33-25)5-4-14-31-27)21-7-8-22-26-23(11-13-30(21,22)3)29(2)12-10-19(34)15-18(29)16-24(26)35/h4-5,14,17-19,21-24,26,34-35H,6-13,15-16H2,1-3H3,(H,31,32,33,36)/t17-,18+,19-,21-,22+,23?,24+,26+,29+,30-/m1/s1. The fourth-order valence-corrected chi connectivity index (χ4v) is 9.88. The molecule has 2 aromatic rings. The first-order chi connectivity index (χ1) is 17.2. The van der Waals surface area contributed by atoms with E-state index >= 15 is 0 Å². The normalized spacial score (nSPS) is 43.0. The van der Waals surface area contributed by atoms with Gasteiger partial charge in [0.2, 0.25) is 0 Å². The summed E-state index contributed by atoms with van der Waals surface area (Å²) >= 11 is 0. The maximum atomic E-state index is 12.5. The van der Waals surface area contributed by atoms with Crippen molar-refractivity contribution in [2.24, 2.45) is 46.3 Å². The van der Waals surface area contributed by atoms with Gasteiger partial charge in [0.15, 0.2) is 5.65 Å². The van der Waals surface area contributed by atoms with Crippen molar-refractivity contribution in [3.05, 3.63) is 34.5 Å². The summed E-state index contributed by atoms with van der Waals surface area (Å²) in [7, 11) is 0. The highest BCUT2D eigenvalue weighted by atomic mass is 16.3. The average Bonchev–Trinajstić information content (AvgIpc) is 3.21. The number of pyridine rings is 1. The lowest BCUT2D eigenvalue weighted by Crippen LogP contribution is -2.58. The van der Waals surface area contributed by atoms with Gasteiger partial charge in [-0.15, -0.1) is 0 Å². The lowest BCUT2D eigenvalue weighted by Gasteiger charge is -2.62. The zero-order valence-corrected chi connectivity index (χ0v) is 22.1. The third-order valence-corrected chi connectivity index (χ3v) is 11.8. The van der Waals surface area contributed by atoms with E-state index in [-0.39, 0.29) is 28.6 Å². The van der Waals surface area contributed by atoms with Crippen molar-refractivity contribution in [2.45, 2.75) is 97.2 Å². The van der Waals surface area contributed by atoms with Crippen LogP contribution in [0.3, 0.4) is 0 Å². The maximum absolute atomic E-state index is 12.5. The van der Waals surface area contributed by atoms with E-state index in [9.17, 15) is 15.0 Å². The zero-order valence-electron chi connectivity index (χ0n) is 22.1. The summed E-state index contributed by atoms with van der Waals surface area (Å²) in [4.78, 5) is 24.4. The van der Waals surface area contributed by atoms with Crippen molar-refractivity contribution >= 4 is 11.0 Å². The van der Waals surface area contributed by atoms with Crippen molar-refractivity contribution < 1.29 is 10.2 Å². The Morgan fingerprint density at radius 3 is 2.69 bits per heavy atom. The molecule has 6 nitrogen and oxygen atoms in total. The van der Waals surface area contributed by atoms with E-state index < -0.39 is 0 Å². The fraction of sp³-hybridized carbons (Fsp3) is 0.767. The molecule has 3 N–H and O–H groups in total. The minimum absolute atomic E-state index is 0.102. The van der Waals surface area contributed by atoms with Gasteiger partial charge < -0.3 is 15.2 Å². The first-order valence-electron chi connectivity index (χ1n) is 14.4. The molecule has 2 aromatic heterocycles. The van der Waals surface area contributed by atoms with Gasteiger partial charge in [0, 0.05) is 12.6 Å². The number of aliphatic hydroxyl groups excluding tert-OH is 2. The van der Waals surface area contributed by atoms with Gasteiger partial charge in [0.1, 0.15) is 5.82 Å². The van der Waals surface area contributed by atoms with Gasteiger partial charge in [-0.1, -0.05) is 20.8 Å². The Balaban J connectivity index is 1.18. The van der Waals surface area contributed by atoms with Crippen molar-refractivity contribution in [3.8, 4) is 0 Å². The van der Waals surface area contributed by atoms with Crippen LogP contribution >= 0.6 is 0 Å². The van der Waals surface area contributed by atoms with Crippen LogP contribution in [0.4, 0.5) is 0 Å². The van der Waals surface area contributed by atoms with Gasteiger partial charge in [-0.25, -0.2) is 9.97 Å². The molecule has 0 bridgehead atoms. The summed E-state index contributed by atoms with van der Waals surface area (Å²) < 4.78 is 0. The molecule has 0 aromatic carbocycles. The second-order valence-corrected chi connectivity index (χ2v) is 13.4. The molecule has 4 aliphatic carbocycles. The number of hydrogen-bond acceptors (Lipinski definition) is 5. The molecule has 1 unspecified atom stereocenters. The van der Waals surface area contributed by atoms with Gasteiger partial charge in [-0.3, -0.25) is 4.79 Å². The van der Waals surface area contributed by atoms with E-state index in [0.29, 0.717) is 46.5 Å². The molecule has 6 heteroatoms. The van der Waals surface area contributed by atoms with Crippen molar-refractivity contribution in [2.75, 3.05) is 0 Å². The molecule has 0 radical (unpaired) electrons. The highest BCUT2D eigenvalue weighted by Gasteiger charge is 2.62. The van der Waals surface area contributed by atoms with E-state index in [1.54, 1.807) is 18.3 Å². The van der Waals surface area contributed by atoms with Crippen molar-refractivity contribution in [1.82, 2.24) is 15.0 Å². The number of hydrogen-bond donors (Lipinski definition) is 3. The summed E-state index contributed by atoms with van der Waals surface area (Å²) in [5.41, 5.74) is 0.972. The Bertz CT molecular complexity index is 1180. The number of nitrogens with zero attached hydrogens (tertiary/aromatic N) is 2. The molecule has 0 aliphatic heterocycles. The molecular weight excluding hydrogens is 450 g/mol. The first-order valence-corrected chi connectivity index (χ1v) is 14.4. The number of aliphatic hydroxyl groups is 2. The van der Waals surface area contributed by atoms with Crippen LogP contribution in [0.5, 0.6) is 0 Å². The van der Waals surface area contributed by atoms with Crippen LogP contribution in [0.2, 0.25) is 0 Å². The SMILES string of the molecule is C[C@H](CCc1nc2ncccc2c(=O)[nH]1)[C@H]1CC[C@H]2[C@H]3C(CC[C@]12C)[C@@]1(C)CC[C@@H](O)C[C@H]1C[C@@H]3O. The number of aromatic nitrogens is 3. The number of fused-ring (bicyclic) bond motifs is 6. The van der Waals surface area contributed by atoms with Crippen LogP contribution in [0.25, 0.3) is 11.0 Å². The summed E-state index contributed by atoms with van der Waals surface area (Å²) in [6, 6.07) is 3.54. The highest BCUT2D eigenvalue weighted by molar-refractivity contribution is 5.72. The van der Waals surface area contributed by atoms with Crippen LogP contribution in [-0.2, 0) is 6.42 Å². The van der Waals surface area contributed by atoms with Gasteiger partial charge in [0.25, 0.3) is 5.56 Å². The molecule has 10 atom stereocenters. The topological polar surface area (TPSA) is 99.1 Å². The van der Waals surface area contributed by atoms with Crippen LogP contribution in [0, 0.1) is 46.3 Å². The van der Waals surface area contributed by atoms with Gasteiger partial charge >= 0.3 is 0 Å². The summed E-state index contributed by atoms with van der Waals surface area (Å²) in [5, 5.41) is 22.3. The summed E-state index contributed by atoms with van der Waals surface area (Å²) in [6.45, 7) is 7.39. The molecule has 0 saturated heterocycles. The quantitative estimate of drug-likeness (QED) is 0.564. The van der Waals surface area contributed by atoms with Crippen LogP contribution in [-0.4, -0.2) is 37.4 Å². The molecule has 4 saturated carbocycles. The number of nitrogens with one attached hydrogen (secondary N) is 1. The second kappa shape index (κ2) is 8.90. The monoisotopic (exact) mass is 493 g/mol. The molecule has 4 aliphatic rings. The van der Waals surface area contributed by atoms with Gasteiger partial charge in [-0.2, -0.15) is 0 Å². The minimum Gasteiger partial charge on any atom is -0.393 e. The number of rotatable bonds is 4. The minimum atomic E-state index is -0.226. The Kier molecular flexibility index (Phi) is 6.07. The Morgan fingerprint density at radius 2 is 1.86 bits per heavy atom. The Morgan fingerprint density at radius 1 is 1.08 bits per heavy atom. The largest absolute Gasteiger partial charge is 0.393 e. The fourth-order valence-electron chi connectivity index (χ4n) is 9.88. The lowest BCUT2D eigenvalue weighted by molar-refractivity contribution is -0.174. The molecule has 6 rings (SSSR count). The van der Waals surface area contributed by atoms with E-state index in [2.05, 4.69) is 35.7 Å². The number of aromatic amines is 1. The van der Waals surface area contributed by atoms with Crippen molar-refractivity contribution in [1.29, 1.82) is 0 Å². The Hall–Kier alpha value is -1.79. The van der Waals surface area contributed by atoms with Crippen LogP contribution < -0.4 is 5.56 Å². The average molecular weight is 494 g/mol. The van der Waals surface area contributed by atoms with Crippen molar-refractivity contribution in [3.63, 3.8) is 0 Å². The first kappa shape index (κ1) is 24.5. The summed E-state index contributed by atoms with van der Waals surface area (Å²) in [5.74, 6) is 3.96. The molecule has 0 amide bonds. The number of aryl methyl sites for hydroxylation is 1. The molecule has 0 spiro atoms. The third-order valence-electron chi connectivity index (χ3n) is 11.8. The molecule has 196 valence electrons. The molecule has 4 fully saturated rings. The van der Waals surface area contributed by atoms with E-state index in [4.69, 9.17) is 0 Å². The van der Waals surface area contributed by atoms with E-state index in [1.165, 1.54) is 25.7 Å². The second-order valence-electron chi connectivity index (χ2n) is 13.4. The maximum Gasteiger partial charge on any atom is 0.260 e. The van der Waals surface area contributed by atoms with Gasteiger partial charge in [0.05, 0.1) is 17.6 Å². The highest BCUT2D eigenvalue weighted by Crippen LogP contribution is 2.68. The van der Waals surface area contributed by atoms with E-state index in [1.807, 2.05) is 0 Å². The summed E-state index contributed by atoms with van der Waals surface area (Å²) in [6.07, 6.45) is 11.8. The molecule has 36 heavy (non-hydrogen) atoms. The van der Waals surface area contributed by atoms with Gasteiger partial charge in [-0.05, 0) is 116 Å². The molecular formula is C30H43N3O3. The Labute approximate surface area is 214 Å². The smallest absolute Gasteiger partial charge is 0.260 e.